The largest absolute Gasteiger partial charge is 0.480 e. The van der Waals surface area contributed by atoms with Gasteiger partial charge in [0.25, 0.3) is 0 Å². The quantitative estimate of drug-likeness (QED) is 0.336. The third kappa shape index (κ3) is 7.82. The van der Waals surface area contributed by atoms with Gasteiger partial charge in [0.2, 0.25) is 0 Å². The molecule has 3 N–H and O–H groups in total. The van der Waals surface area contributed by atoms with E-state index in [0.29, 0.717) is 22.6 Å². The first-order chi connectivity index (χ1) is 17.4. The van der Waals surface area contributed by atoms with E-state index >= 15 is 0 Å². The maximum absolute atomic E-state index is 14.1. The van der Waals surface area contributed by atoms with Gasteiger partial charge in [0, 0.05) is 23.5 Å². The number of rotatable bonds is 9. The summed E-state index contributed by atoms with van der Waals surface area (Å²) in [4.78, 5) is 29.9. The second-order valence-electron chi connectivity index (χ2n) is 10.4. The molecule has 0 aromatic heterocycles. The Hall–Kier alpha value is -2.85. The van der Waals surface area contributed by atoms with Gasteiger partial charge in [0.15, 0.2) is 0 Å². The van der Waals surface area contributed by atoms with Gasteiger partial charge in [-0.15, -0.1) is 11.8 Å². The fraction of sp³-hybridized carbons (Fsp3) is 0.481. The molecule has 0 saturated carbocycles. The van der Waals surface area contributed by atoms with Crippen molar-refractivity contribution in [1.29, 1.82) is 0 Å². The minimum absolute atomic E-state index is 0.146. The van der Waals surface area contributed by atoms with E-state index < -0.39 is 28.4 Å². The maximum Gasteiger partial charge on any atom is 0.323 e. The molecule has 2 aromatic rings. The molecule has 0 radical (unpaired) electrons. The Morgan fingerprint density at radius 2 is 1.76 bits per heavy atom. The van der Waals surface area contributed by atoms with Crippen LogP contribution in [0.15, 0.2) is 41.3 Å². The molecule has 0 aliphatic carbocycles. The van der Waals surface area contributed by atoms with Gasteiger partial charge in [-0.2, -0.15) is 0 Å². The van der Waals surface area contributed by atoms with E-state index in [1.807, 2.05) is 12.1 Å². The molecule has 0 atom stereocenters. The first kappa shape index (κ1) is 28.7. The average molecular weight is 535 g/mol. The summed E-state index contributed by atoms with van der Waals surface area (Å²) in [5, 5.41) is 14.9. The number of carboxylic acids is 1. The Labute approximate surface area is 221 Å². The van der Waals surface area contributed by atoms with Crippen LogP contribution in [0.2, 0.25) is 0 Å². The maximum atomic E-state index is 14.1. The highest BCUT2D eigenvalue weighted by Crippen LogP contribution is 2.39. The van der Waals surface area contributed by atoms with Crippen molar-refractivity contribution in [3.63, 3.8) is 0 Å². The summed E-state index contributed by atoms with van der Waals surface area (Å²) in [6.45, 7) is 10.2. The number of carbonyl (C=O) groups is 2. The number of nitrogens with zero attached hydrogens (tertiary/aromatic N) is 2. The van der Waals surface area contributed by atoms with Crippen LogP contribution in [0.5, 0.6) is 0 Å². The van der Waals surface area contributed by atoms with Crippen molar-refractivity contribution >= 4 is 40.8 Å². The van der Waals surface area contributed by atoms with Crippen molar-refractivity contribution in [1.82, 2.24) is 4.90 Å². The predicted octanol–water partition coefficient (Wildman–Crippen LogP) is 6.12. The Morgan fingerprint density at radius 1 is 1.11 bits per heavy atom. The van der Waals surface area contributed by atoms with Gasteiger partial charge in [0.1, 0.15) is 16.4 Å². The van der Waals surface area contributed by atoms with E-state index in [2.05, 4.69) is 41.3 Å². The van der Waals surface area contributed by atoms with E-state index in [4.69, 9.17) is 0 Å². The molecule has 2 amide bonds. The predicted molar refractivity (Wildman–Crippen MR) is 146 cm³/mol. The van der Waals surface area contributed by atoms with Gasteiger partial charge < -0.3 is 25.5 Å². The summed E-state index contributed by atoms with van der Waals surface area (Å²) < 4.78 is 26.4. The normalized spacial score (nSPS) is 15.0. The van der Waals surface area contributed by atoms with Gasteiger partial charge >= 0.3 is 12.0 Å². The summed E-state index contributed by atoms with van der Waals surface area (Å²) in [5.41, 5.74) is 1.16. The SMILES string of the molecule is CC(C)CN(c1ccc(SC(C)(C)C(=O)O)cc1NC(=O)Nc1ccc(F)cc1F)C1CCN(C)CC1. The Balaban J connectivity index is 1.96. The molecule has 37 heavy (non-hydrogen) atoms. The van der Waals surface area contributed by atoms with Crippen molar-refractivity contribution < 1.29 is 23.5 Å². The number of likely N-dealkylation sites (tertiary alicyclic amines) is 1. The van der Waals surface area contributed by atoms with Gasteiger partial charge in [0.05, 0.1) is 17.1 Å². The van der Waals surface area contributed by atoms with Crippen LogP contribution in [-0.4, -0.2) is 59.5 Å². The number of aliphatic carboxylic acids is 1. The van der Waals surface area contributed by atoms with Crippen molar-refractivity contribution in [3.8, 4) is 0 Å². The summed E-state index contributed by atoms with van der Waals surface area (Å²) in [5.74, 6) is -2.21. The number of amides is 2. The third-order valence-corrected chi connectivity index (χ3v) is 7.46. The van der Waals surface area contributed by atoms with Crippen LogP contribution in [0.4, 0.5) is 30.6 Å². The molecule has 1 fully saturated rings. The number of halogens is 2. The van der Waals surface area contributed by atoms with Crippen LogP contribution < -0.4 is 15.5 Å². The van der Waals surface area contributed by atoms with Gasteiger partial charge in [-0.25, -0.2) is 13.6 Å². The van der Waals surface area contributed by atoms with E-state index in [9.17, 15) is 23.5 Å². The number of piperidine rings is 1. The monoisotopic (exact) mass is 534 g/mol. The number of hydrogen-bond donors (Lipinski definition) is 3. The third-order valence-electron chi connectivity index (χ3n) is 6.28. The molecular formula is C27H36F2N4O3S. The number of anilines is 3. The zero-order chi connectivity index (χ0) is 27.3. The number of carbonyl (C=O) groups excluding carboxylic acids is 1. The zero-order valence-corrected chi connectivity index (χ0v) is 22.8. The lowest BCUT2D eigenvalue weighted by molar-refractivity contribution is -0.138. The topological polar surface area (TPSA) is 84.9 Å². The lowest BCUT2D eigenvalue weighted by Crippen LogP contribution is -2.45. The molecule has 2 aromatic carbocycles. The van der Waals surface area contributed by atoms with Gasteiger partial charge in [-0.3, -0.25) is 4.79 Å². The number of benzene rings is 2. The molecule has 202 valence electrons. The molecule has 0 unspecified atom stereocenters. The molecule has 1 aliphatic rings. The van der Waals surface area contributed by atoms with Crippen LogP contribution in [0.1, 0.15) is 40.5 Å². The molecule has 7 nitrogen and oxygen atoms in total. The number of nitrogens with one attached hydrogen (secondary N) is 2. The van der Waals surface area contributed by atoms with Crippen molar-refractivity contribution in [2.75, 3.05) is 42.2 Å². The van der Waals surface area contributed by atoms with Crippen LogP contribution >= 0.6 is 11.8 Å². The van der Waals surface area contributed by atoms with Crippen LogP contribution in [0.3, 0.4) is 0 Å². The summed E-state index contributed by atoms with van der Waals surface area (Å²) in [7, 11) is 2.10. The highest BCUT2D eigenvalue weighted by atomic mass is 32.2. The van der Waals surface area contributed by atoms with E-state index in [1.165, 1.54) is 11.8 Å². The second kappa shape index (κ2) is 12.1. The first-order valence-electron chi connectivity index (χ1n) is 12.4. The highest BCUT2D eigenvalue weighted by molar-refractivity contribution is 8.01. The number of urea groups is 1. The fourth-order valence-electron chi connectivity index (χ4n) is 4.28. The summed E-state index contributed by atoms with van der Waals surface area (Å²) >= 11 is 1.18. The molecule has 10 heteroatoms. The first-order valence-corrected chi connectivity index (χ1v) is 13.2. The Bertz CT molecular complexity index is 1120. The Kier molecular flexibility index (Phi) is 9.41. The minimum atomic E-state index is -1.08. The number of thioether (sulfide) groups is 1. The number of carboxylic acid groups (broad SMARTS) is 1. The lowest BCUT2D eigenvalue weighted by atomic mass is 10.0. The molecular weight excluding hydrogens is 498 g/mol. The zero-order valence-electron chi connectivity index (χ0n) is 22.0. The average Bonchev–Trinajstić information content (AvgIpc) is 2.80. The van der Waals surface area contributed by atoms with Crippen molar-refractivity contribution in [2.45, 2.75) is 56.2 Å². The Morgan fingerprint density at radius 3 is 2.35 bits per heavy atom. The van der Waals surface area contributed by atoms with Gasteiger partial charge in [-0.1, -0.05) is 13.8 Å². The molecule has 1 saturated heterocycles. The van der Waals surface area contributed by atoms with Gasteiger partial charge in [-0.05, 0) is 83.1 Å². The molecule has 0 bridgehead atoms. The molecule has 1 aliphatic heterocycles. The van der Waals surface area contributed by atoms with Crippen molar-refractivity contribution in [3.05, 3.63) is 48.0 Å². The van der Waals surface area contributed by atoms with Crippen LogP contribution in [0, 0.1) is 17.6 Å². The van der Waals surface area contributed by atoms with E-state index in [1.54, 1.807) is 19.9 Å². The van der Waals surface area contributed by atoms with E-state index in [0.717, 1.165) is 50.3 Å². The smallest absolute Gasteiger partial charge is 0.323 e. The highest BCUT2D eigenvalue weighted by Gasteiger charge is 2.30. The lowest BCUT2D eigenvalue weighted by Gasteiger charge is -2.40. The van der Waals surface area contributed by atoms with E-state index in [-0.39, 0.29) is 11.7 Å². The minimum Gasteiger partial charge on any atom is -0.480 e. The molecule has 1 heterocycles. The molecule has 3 rings (SSSR count). The summed E-state index contributed by atoms with van der Waals surface area (Å²) in [6.07, 6.45) is 1.94. The van der Waals surface area contributed by atoms with Crippen LogP contribution in [-0.2, 0) is 4.79 Å². The number of hydrogen-bond acceptors (Lipinski definition) is 5. The van der Waals surface area contributed by atoms with Crippen LogP contribution in [0.25, 0.3) is 0 Å². The molecule has 0 spiro atoms. The van der Waals surface area contributed by atoms with Crippen molar-refractivity contribution in [2.24, 2.45) is 5.92 Å². The fourth-order valence-corrected chi connectivity index (χ4v) is 5.27. The second-order valence-corrected chi connectivity index (χ2v) is 12.1. The summed E-state index contributed by atoms with van der Waals surface area (Å²) in [6, 6.07) is 8.07. The standard InChI is InChI=1S/C27H36F2N4O3S/c1-17(2)16-33(19-10-12-32(5)13-11-19)24-9-7-20(37-27(3,4)25(34)35)15-23(24)31-26(36)30-22-8-6-18(28)14-21(22)29/h6-9,14-15,17,19H,10-13,16H2,1-5H3,(H,34,35)(H2,30,31,36).